The van der Waals surface area contributed by atoms with Gasteiger partial charge < -0.3 is 8.92 Å². The van der Waals surface area contributed by atoms with E-state index < -0.39 is 21.9 Å². The molecule has 1 aliphatic rings. The van der Waals surface area contributed by atoms with E-state index in [-0.39, 0.29) is 26.9 Å². The number of hydrogen-bond donors (Lipinski definition) is 1. The molecule has 0 bridgehead atoms. The molecule has 4 rings (SSSR count). The van der Waals surface area contributed by atoms with Crippen LogP contribution in [0.2, 0.25) is 0 Å². The topological polar surface area (TPSA) is 102 Å². The number of ether oxygens (including phenoxy) is 1. The van der Waals surface area contributed by atoms with Gasteiger partial charge in [0.25, 0.3) is 11.8 Å². The van der Waals surface area contributed by atoms with Crippen LogP contribution in [0.1, 0.15) is 11.1 Å². The van der Waals surface area contributed by atoms with Crippen molar-refractivity contribution in [1.82, 2.24) is 5.32 Å². The average Bonchev–Trinajstić information content (AvgIpc) is 2.84. The van der Waals surface area contributed by atoms with E-state index >= 15 is 0 Å². The van der Waals surface area contributed by atoms with Crippen molar-refractivity contribution >= 4 is 67.0 Å². The predicted octanol–water partition coefficient (Wildman–Crippen LogP) is 4.37. The molecule has 0 atom stereocenters. The van der Waals surface area contributed by atoms with E-state index in [2.05, 4.69) is 21.2 Å². The SMILES string of the molecule is COc1ccc(N2C(=O)/C(=C\c3cc(Br)ccc3OS(=O)(=O)c3ccc(C)cc3)C(=O)NC2=S)cc1. The highest BCUT2D eigenvalue weighted by molar-refractivity contribution is 9.10. The van der Waals surface area contributed by atoms with Gasteiger partial charge in [0.05, 0.1) is 12.8 Å². The summed E-state index contributed by atoms with van der Waals surface area (Å²) in [6.45, 7) is 1.84. The Morgan fingerprint density at radius 1 is 1.00 bits per heavy atom. The molecule has 1 aliphatic heterocycles. The summed E-state index contributed by atoms with van der Waals surface area (Å²) >= 11 is 8.56. The zero-order valence-electron chi connectivity index (χ0n) is 19.0. The summed E-state index contributed by atoms with van der Waals surface area (Å²) < 4.78 is 36.9. The number of anilines is 1. The average molecular weight is 587 g/mol. The lowest BCUT2D eigenvalue weighted by Gasteiger charge is -2.29. The number of nitrogens with one attached hydrogen (secondary N) is 1. The van der Waals surface area contributed by atoms with E-state index in [0.717, 1.165) is 5.56 Å². The van der Waals surface area contributed by atoms with Gasteiger partial charge in [0.15, 0.2) is 5.11 Å². The number of carbonyl (C=O) groups excluding carboxylic acids is 2. The van der Waals surface area contributed by atoms with Gasteiger partial charge in [-0.3, -0.25) is 19.8 Å². The van der Waals surface area contributed by atoms with Crippen LogP contribution in [-0.4, -0.2) is 32.5 Å². The molecule has 1 saturated heterocycles. The highest BCUT2D eigenvalue weighted by Gasteiger charge is 2.35. The smallest absolute Gasteiger partial charge is 0.339 e. The molecule has 0 spiro atoms. The Labute approximate surface area is 221 Å². The molecule has 184 valence electrons. The van der Waals surface area contributed by atoms with Gasteiger partial charge in [0.1, 0.15) is 22.0 Å². The van der Waals surface area contributed by atoms with Gasteiger partial charge in [-0.15, -0.1) is 0 Å². The van der Waals surface area contributed by atoms with Gasteiger partial charge in [-0.1, -0.05) is 33.6 Å². The van der Waals surface area contributed by atoms with Crippen molar-refractivity contribution in [2.24, 2.45) is 0 Å². The standard InChI is InChI=1S/C25H19BrN2O6S2/c1-15-3-10-20(11-4-15)36(31,32)34-22-12-5-17(26)13-16(22)14-21-23(29)27-25(35)28(24(21)30)18-6-8-19(33-2)9-7-18/h3-14H,1-2H3,(H,27,29,35)/b21-14-. The predicted molar refractivity (Wildman–Crippen MR) is 142 cm³/mol. The molecule has 0 aliphatic carbocycles. The van der Waals surface area contributed by atoms with Crippen LogP contribution in [0.4, 0.5) is 5.69 Å². The van der Waals surface area contributed by atoms with Crippen molar-refractivity contribution in [3.05, 3.63) is 87.9 Å². The number of rotatable bonds is 6. The van der Waals surface area contributed by atoms with Crippen LogP contribution in [0.3, 0.4) is 0 Å². The minimum Gasteiger partial charge on any atom is -0.497 e. The van der Waals surface area contributed by atoms with E-state index in [4.69, 9.17) is 21.1 Å². The molecular weight excluding hydrogens is 568 g/mol. The third-order valence-corrected chi connectivity index (χ3v) is 7.24. The molecule has 2 amide bonds. The molecule has 0 radical (unpaired) electrons. The normalized spacial score (nSPS) is 15.1. The largest absolute Gasteiger partial charge is 0.497 e. The number of methoxy groups -OCH3 is 1. The molecule has 1 N–H and O–H groups in total. The van der Waals surface area contributed by atoms with E-state index in [9.17, 15) is 18.0 Å². The second-order valence-corrected chi connectivity index (χ2v) is 10.5. The van der Waals surface area contributed by atoms with Gasteiger partial charge in [0.2, 0.25) is 0 Å². The Morgan fingerprint density at radius 3 is 2.31 bits per heavy atom. The van der Waals surface area contributed by atoms with Crippen molar-refractivity contribution in [3.8, 4) is 11.5 Å². The second kappa shape index (κ2) is 10.2. The Bertz CT molecular complexity index is 1500. The molecule has 3 aromatic rings. The zero-order chi connectivity index (χ0) is 26.0. The van der Waals surface area contributed by atoms with Crippen molar-refractivity contribution in [2.45, 2.75) is 11.8 Å². The summed E-state index contributed by atoms with van der Waals surface area (Å²) in [7, 11) is -2.66. The van der Waals surface area contributed by atoms with Crippen molar-refractivity contribution in [2.75, 3.05) is 12.0 Å². The fourth-order valence-corrected chi connectivity index (χ4v) is 4.97. The monoisotopic (exact) mass is 586 g/mol. The molecule has 3 aromatic carbocycles. The van der Waals surface area contributed by atoms with Crippen molar-refractivity contribution in [3.63, 3.8) is 0 Å². The number of hydrogen-bond acceptors (Lipinski definition) is 7. The van der Waals surface area contributed by atoms with Crippen LogP contribution in [0.5, 0.6) is 11.5 Å². The number of amides is 2. The molecule has 1 heterocycles. The van der Waals surface area contributed by atoms with Crippen molar-refractivity contribution < 1.29 is 26.9 Å². The summed E-state index contributed by atoms with van der Waals surface area (Å²) in [4.78, 5) is 27.2. The van der Waals surface area contributed by atoms with Crippen molar-refractivity contribution in [1.29, 1.82) is 0 Å². The van der Waals surface area contributed by atoms with E-state index in [1.807, 2.05) is 6.92 Å². The lowest BCUT2D eigenvalue weighted by atomic mass is 10.1. The number of thiocarbonyl (C=S) groups is 1. The third kappa shape index (κ3) is 5.32. The van der Waals surface area contributed by atoms with Crippen LogP contribution < -0.4 is 19.1 Å². The third-order valence-electron chi connectivity index (χ3n) is 5.21. The maximum Gasteiger partial charge on any atom is 0.339 e. The van der Waals surface area contributed by atoms with Crippen LogP contribution in [0.15, 0.2) is 81.7 Å². The first-order valence-corrected chi connectivity index (χ1v) is 13.1. The first-order chi connectivity index (χ1) is 17.1. The maximum absolute atomic E-state index is 13.3. The van der Waals surface area contributed by atoms with Gasteiger partial charge in [-0.25, -0.2) is 0 Å². The zero-order valence-corrected chi connectivity index (χ0v) is 22.2. The molecule has 11 heteroatoms. The first-order valence-electron chi connectivity index (χ1n) is 10.5. The minimum atomic E-state index is -4.18. The lowest BCUT2D eigenvalue weighted by molar-refractivity contribution is -0.122. The maximum atomic E-state index is 13.3. The number of nitrogens with zero attached hydrogens (tertiary/aromatic N) is 1. The minimum absolute atomic E-state index is 0.0304. The van der Waals surface area contributed by atoms with Gasteiger partial charge in [-0.2, -0.15) is 8.42 Å². The van der Waals surface area contributed by atoms with Gasteiger partial charge in [0, 0.05) is 10.0 Å². The number of benzene rings is 3. The van der Waals surface area contributed by atoms with Crippen LogP contribution in [-0.2, 0) is 19.7 Å². The lowest BCUT2D eigenvalue weighted by Crippen LogP contribution is -2.54. The summed E-state index contributed by atoms with van der Waals surface area (Å²) in [5.41, 5.74) is 1.25. The van der Waals surface area contributed by atoms with Gasteiger partial charge in [-0.05, 0) is 79.8 Å². The number of halogens is 1. The summed E-state index contributed by atoms with van der Waals surface area (Å²) in [6, 6.07) is 17.3. The Balaban J connectivity index is 1.73. The molecule has 1 fully saturated rings. The summed E-state index contributed by atoms with van der Waals surface area (Å²) in [5, 5.41) is 2.41. The second-order valence-electron chi connectivity index (χ2n) is 7.69. The molecule has 0 unspecified atom stereocenters. The summed E-state index contributed by atoms with van der Waals surface area (Å²) in [5.74, 6) is -0.876. The number of aryl methyl sites for hydroxylation is 1. The highest BCUT2D eigenvalue weighted by Crippen LogP contribution is 2.30. The highest BCUT2D eigenvalue weighted by atomic mass is 79.9. The molecule has 36 heavy (non-hydrogen) atoms. The summed E-state index contributed by atoms with van der Waals surface area (Å²) in [6.07, 6.45) is 1.26. The fourth-order valence-electron chi connectivity index (χ4n) is 3.36. The van der Waals surface area contributed by atoms with E-state index in [1.54, 1.807) is 42.5 Å². The van der Waals surface area contributed by atoms with Crippen LogP contribution >= 0.6 is 28.1 Å². The molecule has 0 aromatic heterocycles. The van der Waals surface area contributed by atoms with E-state index in [0.29, 0.717) is 15.9 Å². The Hall–Kier alpha value is -3.54. The first kappa shape index (κ1) is 25.5. The molecule has 0 saturated carbocycles. The Morgan fingerprint density at radius 2 is 1.67 bits per heavy atom. The van der Waals surface area contributed by atoms with Crippen LogP contribution in [0, 0.1) is 6.92 Å². The van der Waals surface area contributed by atoms with E-state index in [1.165, 1.54) is 42.4 Å². The molecular formula is C25H19BrN2O6S2. The van der Waals surface area contributed by atoms with Gasteiger partial charge >= 0.3 is 10.1 Å². The quantitative estimate of drug-likeness (QED) is 0.198. The van der Waals surface area contributed by atoms with Crippen LogP contribution in [0.25, 0.3) is 6.08 Å². The Kier molecular flexibility index (Phi) is 7.25. The fraction of sp³-hybridized carbons (Fsp3) is 0.0800. The number of carbonyl (C=O) groups is 2. The molecule has 8 nitrogen and oxygen atoms in total.